The standard InChI is InChI=1S/C6H7F2N3O/c1-11-2-4(9-3-12)5(10-11)6(7)8/h2-3,6H,1H3,(H,9,12). The van der Waals surface area contributed by atoms with Crippen molar-refractivity contribution in [1.82, 2.24) is 9.78 Å². The smallest absolute Gasteiger partial charge is 0.284 e. The summed E-state index contributed by atoms with van der Waals surface area (Å²) in [5.74, 6) is 0. The van der Waals surface area contributed by atoms with Crippen LogP contribution in [-0.4, -0.2) is 16.2 Å². The number of hydrogen-bond acceptors (Lipinski definition) is 2. The Morgan fingerprint density at radius 2 is 2.42 bits per heavy atom. The van der Waals surface area contributed by atoms with E-state index in [-0.39, 0.29) is 5.69 Å². The van der Waals surface area contributed by atoms with Crippen LogP contribution in [-0.2, 0) is 11.8 Å². The van der Waals surface area contributed by atoms with Crippen LogP contribution < -0.4 is 5.32 Å². The van der Waals surface area contributed by atoms with Gasteiger partial charge in [-0.25, -0.2) is 8.78 Å². The SMILES string of the molecule is Cn1cc(NC=O)c(C(F)F)n1. The lowest BCUT2D eigenvalue weighted by Gasteiger charge is -1.96. The lowest BCUT2D eigenvalue weighted by molar-refractivity contribution is -0.105. The first-order valence-electron chi connectivity index (χ1n) is 3.17. The Morgan fingerprint density at radius 1 is 1.75 bits per heavy atom. The summed E-state index contributed by atoms with van der Waals surface area (Å²) in [5.41, 5.74) is -0.368. The molecule has 0 aliphatic heterocycles. The Bertz CT molecular complexity index is 284. The number of aromatic nitrogens is 2. The minimum Gasteiger partial charge on any atom is -0.326 e. The van der Waals surface area contributed by atoms with Gasteiger partial charge in [0, 0.05) is 13.2 Å². The molecule has 0 saturated heterocycles. The van der Waals surface area contributed by atoms with Crippen LogP contribution in [0, 0.1) is 0 Å². The van der Waals surface area contributed by atoms with Gasteiger partial charge in [-0.05, 0) is 0 Å². The summed E-state index contributed by atoms with van der Waals surface area (Å²) in [4.78, 5) is 9.97. The zero-order valence-electron chi connectivity index (χ0n) is 6.29. The van der Waals surface area contributed by atoms with Gasteiger partial charge in [-0.2, -0.15) is 5.10 Å². The van der Waals surface area contributed by atoms with Crippen molar-refractivity contribution in [3.63, 3.8) is 0 Å². The zero-order chi connectivity index (χ0) is 9.14. The van der Waals surface area contributed by atoms with Gasteiger partial charge in [0.25, 0.3) is 6.43 Å². The third kappa shape index (κ3) is 1.58. The topological polar surface area (TPSA) is 46.9 Å². The van der Waals surface area contributed by atoms with Gasteiger partial charge in [-0.1, -0.05) is 0 Å². The minimum atomic E-state index is -2.67. The second kappa shape index (κ2) is 3.29. The van der Waals surface area contributed by atoms with Gasteiger partial charge < -0.3 is 5.32 Å². The maximum atomic E-state index is 12.1. The maximum absolute atomic E-state index is 12.1. The van der Waals surface area contributed by atoms with Crippen molar-refractivity contribution < 1.29 is 13.6 Å². The summed E-state index contributed by atoms with van der Waals surface area (Å²) in [6, 6.07) is 0. The normalized spacial score (nSPS) is 10.3. The summed E-state index contributed by atoms with van der Waals surface area (Å²) >= 11 is 0. The van der Waals surface area contributed by atoms with Crippen LogP contribution in [0.15, 0.2) is 6.20 Å². The number of nitrogens with one attached hydrogen (secondary N) is 1. The fraction of sp³-hybridized carbons (Fsp3) is 0.333. The number of nitrogens with zero attached hydrogens (tertiary/aromatic N) is 2. The average Bonchev–Trinajstić information content (AvgIpc) is 2.32. The summed E-state index contributed by atoms with van der Waals surface area (Å²) < 4.78 is 25.5. The molecule has 0 atom stereocenters. The van der Waals surface area contributed by atoms with Crippen LogP contribution in [0.3, 0.4) is 0 Å². The second-order valence-electron chi connectivity index (χ2n) is 2.16. The molecule has 0 spiro atoms. The molecule has 0 aliphatic carbocycles. The van der Waals surface area contributed by atoms with E-state index in [9.17, 15) is 13.6 Å². The molecule has 0 fully saturated rings. The number of carbonyl (C=O) groups excluding carboxylic acids is 1. The number of amides is 1. The number of carbonyl (C=O) groups is 1. The number of alkyl halides is 2. The number of rotatable bonds is 3. The molecule has 1 aromatic rings. The van der Waals surface area contributed by atoms with Gasteiger partial charge in [0.2, 0.25) is 6.41 Å². The third-order valence-corrected chi connectivity index (χ3v) is 1.28. The first-order chi connectivity index (χ1) is 5.65. The highest BCUT2D eigenvalue weighted by Crippen LogP contribution is 2.24. The van der Waals surface area contributed by atoms with E-state index in [2.05, 4.69) is 10.4 Å². The van der Waals surface area contributed by atoms with Gasteiger partial charge in [0.15, 0.2) is 5.69 Å². The quantitative estimate of drug-likeness (QED) is 0.694. The first kappa shape index (κ1) is 8.63. The molecule has 4 nitrogen and oxygen atoms in total. The second-order valence-corrected chi connectivity index (χ2v) is 2.16. The van der Waals surface area contributed by atoms with E-state index in [1.54, 1.807) is 0 Å². The number of aryl methyl sites for hydroxylation is 1. The molecule has 0 aromatic carbocycles. The maximum Gasteiger partial charge on any atom is 0.284 e. The first-order valence-corrected chi connectivity index (χ1v) is 3.17. The highest BCUT2D eigenvalue weighted by molar-refractivity contribution is 5.72. The molecular formula is C6H7F2N3O. The predicted molar refractivity (Wildman–Crippen MR) is 37.9 cm³/mol. The van der Waals surface area contributed by atoms with E-state index in [1.807, 2.05) is 0 Å². The van der Waals surface area contributed by atoms with E-state index in [1.165, 1.54) is 17.9 Å². The zero-order valence-corrected chi connectivity index (χ0v) is 6.29. The molecule has 1 aromatic heterocycles. The minimum absolute atomic E-state index is 0.0440. The Labute approximate surface area is 67.2 Å². The van der Waals surface area contributed by atoms with Crippen LogP contribution in [0.5, 0.6) is 0 Å². The van der Waals surface area contributed by atoms with Crippen LogP contribution in [0.25, 0.3) is 0 Å². The summed E-state index contributed by atoms with van der Waals surface area (Å²) in [6.07, 6.45) is -1.02. The molecule has 12 heavy (non-hydrogen) atoms. The number of halogens is 2. The molecule has 0 bridgehead atoms. The molecule has 0 saturated carbocycles. The number of hydrogen-bond donors (Lipinski definition) is 1. The molecule has 1 amide bonds. The van der Waals surface area contributed by atoms with Gasteiger partial charge in [-0.15, -0.1) is 0 Å². The van der Waals surface area contributed by atoms with Crippen molar-refractivity contribution in [2.24, 2.45) is 7.05 Å². The monoisotopic (exact) mass is 175 g/mol. The van der Waals surface area contributed by atoms with Crippen molar-refractivity contribution in [2.75, 3.05) is 5.32 Å². The van der Waals surface area contributed by atoms with Gasteiger partial charge in [0.1, 0.15) is 0 Å². The Balaban J connectivity index is 2.99. The fourth-order valence-corrected chi connectivity index (χ4v) is 0.842. The summed E-state index contributed by atoms with van der Waals surface area (Å²) in [6.45, 7) is 0. The molecular weight excluding hydrogens is 168 g/mol. The lowest BCUT2D eigenvalue weighted by Crippen LogP contribution is -1.97. The molecule has 0 radical (unpaired) electrons. The summed E-state index contributed by atoms with van der Waals surface area (Å²) in [7, 11) is 1.50. The number of anilines is 1. The molecule has 0 unspecified atom stereocenters. The van der Waals surface area contributed by atoms with Crippen molar-refractivity contribution >= 4 is 12.1 Å². The Hall–Kier alpha value is -1.46. The van der Waals surface area contributed by atoms with E-state index in [4.69, 9.17) is 0 Å². The van der Waals surface area contributed by atoms with Crippen molar-refractivity contribution in [3.05, 3.63) is 11.9 Å². The van der Waals surface area contributed by atoms with E-state index in [0.29, 0.717) is 6.41 Å². The van der Waals surface area contributed by atoms with Crippen LogP contribution in [0.2, 0.25) is 0 Å². The molecule has 1 N–H and O–H groups in total. The van der Waals surface area contributed by atoms with E-state index < -0.39 is 12.1 Å². The molecule has 1 rings (SSSR count). The predicted octanol–water partition coefficient (Wildman–Crippen LogP) is 0.926. The van der Waals surface area contributed by atoms with Gasteiger partial charge >= 0.3 is 0 Å². The molecule has 1 heterocycles. The Kier molecular flexibility index (Phi) is 2.37. The van der Waals surface area contributed by atoms with Crippen LogP contribution >= 0.6 is 0 Å². The largest absolute Gasteiger partial charge is 0.326 e. The lowest BCUT2D eigenvalue weighted by atomic mass is 10.4. The molecule has 0 aliphatic rings. The van der Waals surface area contributed by atoms with Gasteiger partial charge in [-0.3, -0.25) is 9.48 Å². The van der Waals surface area contributed by atoms with Gasteiger partial charge in [0.05, 0.1) is 5.69 Å². The van der Waals surface area contributed by atoms with Crippen molar-refractivity contribution in [1.29, 1.82) is 0 Å². The third-order valence-electron chi connectivity index (χ3n) is 1.28. The fourth-order valence-electron chi connectivity index (χ4n) is 0.842. The van der Waals surface area contributed by atoms with E-state index >= 15 is 0 Å². The Morgan fingerprint density at radius 3 is 2.92 bits per heavy atom. The molecule has 6 heteroatoms. The van der Waals surface area contributed by atoms with Crippen molar-refractivity contribution in [3.8, 4) is 0 Å². The average molecular weight is 175 g/mol. The van der Waals surface area contributed by atoms with Crippen LogP contribution in [0.4, 0.5) is 14.5 Å². The summed E-state index contributed by atoms with van der Waals surface area (Å²) in [5, 5.41) is 5.61. The van der Waals surface area contributed by atoms with Crippen LogP contribution in [0.1, 0.15) is 12.1 Å². The highest BCUT2D eigenvalue weighted by Gasteiger charge is 2.16. The molecule has 66 valence electrons. The highest BCUT2D eigenvalue weighted by atomic mass is 19.3. The van der Waals surface area contributed by atoms with E-state index in [0.717, 1.165) is 0 Å². The van der Waals surface area contributed by atoms with Crippen molar-refractivity contribution in [2.45, 2.75) is 6.43 Å².